The topological polar surface area (TPSA) is 68.7 Å². The highest BCUT2D eigenvalue weighted by Gasteiger charge is 2.26. The van der Waals surface area contributed by atoms with Crippen LogP contribution in [0.25, 0.3) is 0 Å². The van der Waals surface area contributed by atoms with E-state index in [2.05, 4.69) is 4.98 Å². The summed E-state index contributed by atoms with van der Waals surface area (Å²) < 4.78 is 10.7. The maximum Gasteiger partial charge on any atom is 0.420 e. The van der Waals surface area contributed by atoms with Gasteiger partial charge in [0.15, 0.2) is 0 Å². The van der Waals surface area contributed by atoms with Crippen molar-refractivity contribution in [2.75, 3.05) is 12.0 Å². The summed E-state index contributed by atoms with van der Waals surface area (Å²) >= 11 is 0. The fourth-order valence-corrected chi connectivity index (χ4v) is 2.97. The minimum atomic E-state index is -0.729. The van der Waals surface area contributed by atoms with Gasteiger partial charge in [-0.25, -0.2) is 9.69 Å². The van der Waals surface area contributed by atoms with E-state index in [1.165, 1.54) is 7.11 Å². The lowest BCUT2D eigenvalue weighted by Gasteiger charge is -2.22. The number of hydrogen-bond donors (Lipinski definition) is 0. The average Bonchev–Trinajstić information content (AvgIpc) is 2.87. The molecule has 0 aliphatic carbocycles. The number of anilines is 1. The van der Waals surface area contributed by atoms with E-state index in [4.69, 9.17) is 9.47 Å². The van der Waals surface area contributed by atoms with Gasteiger partial charge in [0.1, 0.15) is 11.5 Å². The van der Waals surface area contributed by atoms with E-state index in [1.54, 1.807) is 24.4 Å². The Kier molecular flexibility index (Phi) is 12.1. The molecule has 0 saturated heterocycles. The Labute approximate surface area is 203 Å². The second-order valence-corrected chi connectivity index (χ2v) is 6.98. The van der Waals surface area contributed by atoms with Crippen LogP contribution in [-0.2, 0) is 16.0 Å². The van der Waals surface area contributed by atoms with Gasteiger partial charge in [-0.15, -0.1) is 0 Å². The molecule has 182 valence electrons. The SMILES string of the molecule is CC.CC.COC(=O)N(C(=O)Cc1ccc(Oc2ccc(C)cc2)cc1)c1ccnc(C)c1C. The minimum Gasteiger partial charge on any atom is -0.457 e. The lowest BCUT2D eigenvalue weighted by atomic mass is 10.1. The highest BCUT2D eigenvalue weighted by molar-refractivity contribution is 6.13. The molecule has 3 rings (SSSR count). The Morgan fingerprint density at radius 3 is 1.88 bits per heavy atom. The van der Waals surface area contributed by atoms with Gasteiger partial charge in [0.25, 0.3) is 0 Å². The average molecular weight is 465 g/mol. The van der Waals surface area contributed by atoms with E-state index < -0.39 is 6.09 Å². The van der Waals surface area contributed by atoms with Crippen LogP contribution in [-0.4, -0.2) is 24.1 Å². The number of imide groups is 1. The van der Waals surface area contributed by atoms with Crippen molar-refractivity contribution in [1.29, 1.82) is 0 Å². The number of methoxy groups -OCH3 is 1. The fraction of sp³-hybridized carbons (Fsp3) is 0.321. The van der Waals surface area contributed by atoms with Gasteiger partial charge in [-0.3, -0.25) is 9.78 Å². The van der Waals surface area contributed by atoms with Crippen LogP contribution < -0.4 is 9.64 Å². The Morgan fingerprint density at radius 2 is 1.35 bits per heavy atom. The second-order valence-electron chi connectivity index (χ2n) is 6.98. The van der Waals surface area contributed by atoms with Crippen molar-refractivity contribution in [1.82, 2.24) is 4.98 Å². The van der Waals surface area contributed by atoms with E-state index >= 15 is 0 Å². The van der Waals surface area contributed by atoms with Crippen molar-refractivity contribution >= 4 is 17.7 Å². The summed E-state index contributed by atoms with van der Waals surface area (Å²) in [5.41, 5.74) is 3.88. The molecular weight excluding hydrogens is 428 g/mol. The van der Waals surface area contributed by atoms with Gasteiger partial charge in [-0.2, -0.15) is 0 Å². The summed E-state index contributed by atoms with van der Waals surface area (Å²) in [6.07, 6.45) is 0.881. The van der Waals surface area contributed by atoms with Crippen molar-refractivity contribution in [3.8, 4) is 11.5 Å². The molecule has 1 aromatic heterocycles. The molecule has 0 atom stereocenters. The van der Waals surface area contributed by atoms with Gasteiger partial charge < -0.3 is 9.47 Å². The highest BCUT2D eigenvalue weighted by atomic mass is 16.5. The van der Waals surface area contributed by atoms with Crippen molar-refractivity contribution < 1.29 is 19.1 Å². The van der Waals surface area contributed by atoms with Gasteiger partial charge in [0, 0.05) is 11.9 Å². The Balaban J connectivity index is 0.00000137. The molecule has 0 fully saturated rings. The first-order valence-electron chi connectivity index (χ1n) is 11.6. The summed E-state index contributed by atoms with van der Waals surface area (Å²) in [6.45, 7) is 13.7. The number of carbonyl (C=O) groups excluding carboxylic acids is 2. The molecule has 0 aliphatic rings. The van der Waals surface area contributed by atoms with Gasteiger partial charge in [0.2, 0.25) is 5.91 Å². The number of aromatic nitrogens is 1. The minimum absolute atomic E-state index is 0.0424. The molecule has 1 heterocycles. The van der Waals surface area contributed by atoms with Crippen LogP contribution in [0.5, 0.6) is 11.5 Å². The zero-order chi connectivity index (χ0) is 25.7. The van der Waals surface area contributed by atoms with Gasteiger partial charge in [0.05, 0.1) is 19.2 Å². The molecule has 0 N–H and O–H groups in total. The van der Waals surface area contributed by atoms with E-state index in [-0.39, 0.29) is 12.3 Å². The first-order valence-corrected chi connectivity index (χ1v) is 11.6. The molecule has 6 heteroatoms. The summed E-state index contributed by atoms with van der Waals surface area (Å²) in [7, 11) is 1.25. The molecule has 3 aromatic rings. The van der Waals surface area contributed by atoms with E-state index in [0.29, 0.717) is 11.4 Å². The van der Waals surface area contributed by atoms with Crippen LogP contribution in [0.3, 0.4) is 0 Å². The largest absolute Gasteiger partial charge is 0.457 e. The van der Waals surface area contributed by atoms with E-state index in [9.17, 15) is 9.59 Å². The smallest absolute Gasteiger partial charge is 0.420 e. The normalized spacial score (nSPS) is 9.53. The van der Waals surface area contributed by atoms with Crippen LogP contribution in [0.15, 0.2) is 60.8 Å². The number of hydrogen-bond acceptors (Lipinski definition) is 5. The third-order valence-corrected chi connectivity index (χ3v) is 4.81. The molecule has 0 radical (unpaired) electrons. The van der Waals surface area contributed by atoms with Crippen LogP contribution in [0.1, 0.15) is 50.1 Å². The number of carbonyl (C=O) groups is 2. The monoisotopic (exact) mass is 464 g/mol. The summed E-state index contributed by atoms with van der Waals surface area (Å²) in [6, 6.07) is 16.6. The van der Waals surface area contributed by atoms with Crippen LogP contribution in [0.2, 0.25) is 0 Å². The number of amides is 2. The Bertz CT molecular complexity index is 1050. The van der Waals surface area contributed by atoms with Gasteiger partial charge in [-0.1, -0.05) is 57.5 Å². The standard InChI is InChI=1S/C24H24N2O4.2C2H6/c1-16-5-9-20(10-6-16)30-21-11-7-19(8-12-21)15-23(27)26(24(28)29-4)22-13-14-25-18(3)17(22)2;2*1-2/h5-14H,15H2,1-4H3;2*1-2H3. The first-order chi connectivity index (χ1) is 16.4. The van der Waals surface area contributed by atoms with Gasteiger partial charge in [-0.05, 0) is 62.2 Å². The predicted octanol–water partition coefficient (Wildman–Crippen LogP) is 7.19. The molecule has 2 amide bonds. The van der Waals surface area contributed by atoms with Crippen LogP contribution in [0, 0.1) is 20.8 Å². The van der Waals surface area contributed by atoms with Crippen molar-refractivity contribution in [2.45, 2.75) is 54.9 Å². The Morgan fingerprint density at radius 1 is 0.824 bits per heavy atom. The van der Waals surface area contributed by atoms with Gasteiger partial charge >= 0.3 is 6.09 Å². The maximum absolute atomic E-state index is 13.0. The molecule has 0 spiro atoms. The first kappa shape index (κ1) is 28.4. The summed E-state index contributed by atoms with van der Waals surface area (Å²) in [5.74, 6) is 1.02. The summed E-state index contributed by atoms with van der Waals surface area (Å²) in [4.78, 5) is 30.5. The maximum atomic E-state index is 13.0. The number of ether oxygens (including phenoxy) is 2. The molecule has 6 nitrogen and oxygen atoms in total. The summed E-state index contributed by atoms with van der Waals surface area (Å²) in [5, 5.41) is 0. The quantitative estimate of drug-likeness (QED) is 0.399. The van der Waals surface area contributed by atoms with Crippen LogP contribution >= 0.6 is 0 Å². The van der Waals surface area contributed by atoms with Crippen molar-refractivity contribution in [3.63, 3.8) is 0 Å². The predicted molar refractivity (Wildman–Crippen MR) is 138 cm³/mol. The van der Waals surface area contributed by atoms with E-state index in [0.717, 1.165) is 33.0 Å². The molecule has 2 aromatic carbocycles. The number of benzene rings is 2. The lowest BCUT2D eigenvalue weighted by Crippen LogP contribution is -2.38. The molecule has 0 saturated carbocycles. The number of pyridine rings is 1. The molecule has 0 bridgehead atoms. The van der Waals surface area contributed by atoms with Crippen molar-refractivity contribution in [2.24, 2.45) is 0 Å². The Hall–Kier alpha value is -3.67. The zero-order valence-electron chi connectivity index (χ0n) is 21.5. The molecule has 34 heavy (non-hydrogen) atoms. The third kappa shape index (κ3) is 7.73. The number of aryl methyl sites for hydroxylation is 2. The molecule has 0 unspecified atom stereocenters. The lowest BCUT2D eigenvalue weighted by molar-refractivity contribution is -0.117. The van der Waals surface area contributed by atoms with Crippen LogP contribution in [0.4, 0.5) is 10.5 Å². The van der Waals surface area contributed by atoms with Crippen molar-refractivity contribution in [3.05, 3.63) is 83.2 Å². The number of nitrogens with zero attached hydrogens (tertiary/aromatic N) is 2. The third-order valence-electron chi connectivity index (χ3n) is 4.81. The van der Waals surface area contributed by atoms with E-state index in [1.807, 2.05) is 84.9 Å². The highest BCUT2D eigenvalue weighted by Crippen LogP contribution is 2.25. The second kappa shape index (κ2) is 14.5. The molecule has 0 aliphatic heterocycles. The fourth-order valence-electron chi connectivity index (χ4n) is 2.97. The number of rotatable bonds is 5. The zero-order valence-corrected chi connectivity index (χ0v) is 21.5. The molecular formula is C28H36N2O4.